The van der Waals surface area contributed by atoms with Crippen molar-refractivity contribution in [3.63, 3.8) is 0 Å². The number of rotatable bonds is 0. The molecular formula is C6H11ClN2. The van der Waals surface area contributed by atoms with Gasteiger partial charge in [0.25, 0.3) is 0 Å². The summed E-state index contributed by atoms with van der Waals surface area (Å²) in [6.07, 6.45) is 2.00. The van der Waals surface area contributed by atoms with Crippen molar-refractivity contribution in [2.45, 2.75) is 24.6 Å². The lowest BCUT2D eigenvalue weighted by Gasteiger charge is -2.24. The third-order valence-corrected chi connectivity index (χ3v) is 2.00. The predicted molar refractivity (Wildman–Crippen MR) is 40.0 cm³/mol. The van der Waals surface area contributed by atoms with E-state index in [4.69, 9.17) is 17.3 Å². The minimum absolute atomic E-state index is 0.363. The Hall–Kier alpha value is -0.240. The van der Waals surface area contributed by atoms with Gasteiger partial charge in [-0.1, -0.05) is 0 Å². The molecule has 0 fully saturated rings. The molecule has 0 amide bonds. The number of alkyl halides is 1. The molecule has 0 spiro atoms. The number of hydrogen-bond donors (Lipinski definition) is 1. The van der Waals surface area contributed by atoms with Crippen molar-refractivity contribution >= 4 is 17.4 Å². The molecular weight excluding hydrogens is 136 g/mol. The van der Waals surface area contributed by atoms with Crippen molar-refractivity contribution in [3.05, 3.63) is 0 Å². The van der Waals surface area contributed by atoms with Gasteiger partial charge in [-0.15, -0.1) is 11.6 Å². The van der Waals surface area contributed by atoms with Crippen LogP contribution in [0.4, 0.5) is 0 Å². The summed E-state index contributed by atoms with van der Waals surface area (Å²) < 4.78 is 0. The van der Waals surface area contributed by atoms with Crippen LogP contribution in [-0.4, -0.2) is 17.3 Å². The third-order valence-electron chi connectivity index (χ3n) is 1.62. The van der Waals surface area contributed by atoms with Crippen LogP contribution in [0.5, 0.6) is 0 Å². The van der Waals surface area contributed by atoms with Gasteiger partial charge in [-0.3, -0.25) is 4.99 Å². The molecule has 1 aliphatic rings. The topological polar surface area (TPSA) is 38.4 Å². The van der Waals surface area contributed by atoms with Crippen LogP contribution in [0.1, 0.15) is 19.8 Å². The predicted octanol–water partition coefficient (Wildman–Crippen LogP) is 1.13. The monoisotopic (exact) mass is 146 g/mol. The molecule has 2 nitrogen and oxygen atoms in total. The zero-order valence-electron chi connectivity index (χ0n) is 5.52. The van der Waals surface area contributed by atoms with Crippen molar-refractivity contribution in [3.8, 4) is 0 Å². The summed E-state index contributed by atoms with van der Waals surface area (Å²) in [5.41, 5.74) is 5.53. The van der Waals surface area contributed by atoms with E-state index in [-0.39, 0.29) is 4.87 Å². The Balaban J connectivity index is 2.73. The minimum atomic E-state index is -0.363. The van der Waals surface area contributed by atoms with Crippen LogP contribution in [0.2, 0.25) is 0 Å². The number of halogens is 1. The fourth-order valence-electron chi connectivity index (χ4n) is 0.903. The maximum Gasteiger partial charge on any atom is 0.115 e. The molecule has 1 atom stereocenters. The lowest BCUT2D eigenvalue weighted by molar-refractivity contribution is 0.632. The van der Waals surface area contributed by atoms with Crippen LogP contribution >= 0.6 is 11.6 Å². The van der Waals surface area contributed by atoms with Gasteiger partial charge in [0, 0.05) is 6.54 Å². The molecule has 52 valence electrons. The number of amidine groups is 1. The quantitative estimate of drug-likeness (QED) is 0.512. The molecule has 0 aromatic heterocycles. The molecule has 0 aromatic rings. The lowest BCUT2D eigenvalue weighted by Crippen LogP contribution is -2.38. The van der Waals surface area contributed by atoms with Gasteiger partial charge in [0.2, 0.25) is 0 Å². The fourth-order valence-corrected chi connectivity index (χ4v) is 1.10. The minimum Gasteiger partial charge on any atom is -0.386 e. The summed E-state index contributed by atoms with van der Waals surface area (Å²) in [5.74, 6) is 0.593. The SMILES string of the molecule is CC1(Cl)CCCN=C1N. The van der Waals surface area contributed by atoms with Gasteiger partial charge in [0.15, 0.2) is 0 Å². The first kappa shape index (κ1) is 6.87. The van der Waals surface area contributed by atoms with E-state index in [1.54, 1.807) is 0 Å². The second-order valence-electron chi connectivity index (χ2n) is 2.57. The Morgan fingerprint density at radius 1 is 1.78 bits per heavy atom. The Morgan fingerprint density at radius 3 is 2.78 bits per heavy atom. The molecule has 2 N–H and O–H groups in total. The summed E-state index contributed by atoms with van der Waals surface area (Å²) >= 11 is 5.97. The third kappa shape index (κ3) is 1.36. The standard InChI is InChI=1S/C6H11ClN2/c1-6(7)3-2-4-9-5(6)8/h2-4H2,1H3,(H2,8,9). The smallest absolute Gasteiger partial charge is 0.115 e. The summed E-state index contributed by atoms with van der Waals surface area (Å²) in [6.45, 7) is 2.75. The fraction of sp³-hybridized carbons (Fsp3) is 0.833. The second kappa shape index (κ2) is 2.18. The molecule has 1 aliphatic heterocycles. The highest BCUT2D eigenvalue weighted by Gasteiger charge is 2.27. The maximum atomic E-state index is 5.97. The molecule has 1 heterocycles. The van der Waals surface area contributed by atoms with Crippen molar-refractivity contribution in [2.75, 3.05) is 6.54 Å². The van der Waals surface area contributed by atoms with E-state index >= 15 is 0 Å². The highest BCUT2D eigenvalue weighted by Crippen LogP contribution is 2.24. The summed E-state index contributed by atoms with van der Waals surface area (Å²) in [7, 11) is 0. The Kier molecular flexibility index (Phi) is 1.66. The van der Waals surface area contributed by atoms with Crippen LogP contribution in [0.15, 0.2) is 4.99 Å². The molecule has 9 heavy (non-hydrogen) atoms. The van der Waals surface area contributed by atoms with Gasteiger partial charge in [-0.05, 0) is 19.8 Å². The Bertz CT molecular complexity index is 140. The van der Waals surface area contributed by atoms with E-state index in [2.05, 4.69) is 4.99 Å². The first-order valence-corrected chi connectivity index (χ1v) is 3.50. The molecule has 0 aromatic carbocycles. The van der Waals surface area contributed by atoms with E-state index in [0.29, 0.717) is 5.84 Å². The van der Waals surface area contributed by atoms with Crippen LogP contribution in [-0.2, 0) is 0 Å². The first-order valence-electron chi connectivity index (χ1n) is 3.12. The number of nitrogens with two attached hydrogens (primary N) is 1. The number of aliphatic imine (C=N–C) groups is 1. The van der Waals surface area contributed by atoms with Gasteiger partial charge in [0.1, 0.15) is 5.84 Å². The molecule has 0 saturated carbocycles. The first-order chi connectivity index (χ1) is 4.13. The molecule has 0 saturated heterocycles. The summed E-state index contributed by atoms with van der Waals surface area (Å²) in [4.78, 5) is 3.68. The van der Waals surface area contributed by atoms with E-state index in [0.717, 1.165) is 19.4 Å². The van der Waals surface area contributed by atoms with E-state index in [1.165, 1.54) is 0 Å². The molecule has 1 rings (SSSR count). The summed E-state index contributed by atoms with van der Waals surface area (Å²) in [5, 5.41) is 0. The van der Waals surface area contributed by atoms with Crippen LogP contribution in [0, 0.1) is 0 Å². The second-order valence-corrected chi connectivity index (χ2v) is 3.40. The number of nitrogens with zero attached hydrogens (tertiary/aromatic N) is 1. The average Bonchev–Trinajstić information content (AvgIpc) is 1.77. The zero-order chi connectivity index (χ0) is 6.91. The normalized spacial score (nSPS) is 36.0. The Morgan fingerprint density at radius 2 is 2.44 bits per heavy atom. The maximum absolute atomic E-state index is 5.97. The van der Waals surface area contributed by atoms with E-state index < -0.39 is 0 Å². The van der Waals surface area contributed by atoms with Crippen molar-refractivity contribution in [1.29, 1.82) is 0 Å². The largest absolute Gasteiger partial charge is 0.386 e. The van der Waals surface area contributed by atoms with Crippen molar-refractivity contribution < 1.29 is 0 Å². The Labute approximate surface area is 60.1 Å². The van der Waals surface area contributed by atoms with Crippen LogP contribution < -0.4 is 5.73 Å². The van der Waals surface area contributed by atoms with Crippen LogP contribution in [0.3, 0.4) is 0 Å². The van der Waals surface area contributed by atoms with Gasteiger partial charge in [-0.25, -0.2) is 0 Å². The molecule has 0 radical (unpaired) electrons. The molecule has 0 aliphatic carbocycles. The van der Waals surface area contributed by atoms with E-state index in [9.17, 15) is 0 Å². The lowest BCUT2D eigenvalue weighted by atomic mass is 10.0. The molecule has 3 heteroatoms. The number of hydrogen-bond acceptors (Lipinski definition) is 2. The van der Waals surface area contributed by atoms with Gasteiger partial charge in [0.05, 0.1) is 4.87 Å². The summed E-state index contributed by atoms with van der Waals surface area (Å²) in [6, 6.07) is 0. The zero-order valence-corrected chi connectivity index (χ0v) is 6.28. The van der Waals surface area contributed by atoms with Crippen LogP contribution in [0.25, 0.3) is 0 Å². The van der Waals surface area contributed by atoms with E-state index in [1.807, 2.05) is 6.92 Å². The van der Waals surface area contributed by atoms with Crippen molar-refractivity contribution in [2.24, 2.45) is 10.7 Å². The van der Waals surface area contributed by atoms with Crippen molar-refractivity contribution in [1.82, 2.24) is 0 Å². The molecule has 1 unspecified atom stereocenters. The highest BCUT2D eigenvalue weighted by molar-refractivity contribution is 6.35. The van der Waals surface area contributed by atoms with Gasteiger partial charge >= 0.3 is 0 Å². The highest BCUT2D eigenvalue weighted by atomic mass is 35.5. The van der Waals surface area contributed by atoms with Gasteiger partial charge in [-0.2, -0.15) is 0 Å². The van der Waals surface area contributed by atoms with Gasteiger partial charge < -0.3 is 5.73 Å². The molecule has 0 bridgehead atoms. The average molecular weight is 147 g/mol.